The highest BCUT2D eigenvalue weighted by Gasteiger charge is 2.45. The first-order chi connectivity index (χ1) is 11.0. The van der Waals surface area contributed by atoms with E-state index in [0.29, 0.717) is 12.8 Å². The van der Waals surface area contributed by atoms with Gasteiger partial charge in [0, 0.05) is 19.2 Å². The Kier molecular flexibility index (Phi) is 5.31. The van der Waals surface area contributed by atoms with Crippen molar-refractivity contribution in [3.05, 3.63) is 29.3 Å². The molecule has 0 radical (unpaired) electrons. The average Bonchev–Trinajstić information content (AvgIpc) is 2.44. The van der Waals surface area contributed by atoms with Gasteiger partial charge in [0.25, 0.3) is 0 Å². The van der Waals surface area contributed by atoms with Crippen molar-refractivity contribution in [2.75, 3.05) is 7.11 Å². The number of methoxy groups -OCH3 is 1. The lowest BCUT2D eigenvalue weighted by Crippen LogP contribution is -2.38. The van der Waals surface area contributed by atoms with E-state index >= 15 is 0 Å². The first-order valence-electron chi connectivity index (χ1n) is 7.20. The summed E-state index contributed by atoms with van der Waals surface area (Å²) >= 11 is 0. The Morgan fingerprint density at radius 1 is 0.917 bits per heavy atom. The molecular formula is C15H15F7O2. The molecule has 0 saturated heterocycles. The van der Waals surface area contributed by atoms with E-state index in [-0.39, 0.29) is 31.1 Å². The lowest BCUT2D eigenvalue weighted by atomic mass is 9.86. The standard InChI is InChI=1S/C15H15F7O2/c1-23-9-4-2-8(3-5-9)15(21,22)24-10-6-11(16)13(12(17)7-10)14(18,19)20/h6-9H,2-5H2,1H3. The van der Waals surface area contributed by atoms with Crippen LogP contribution < -0.4 is 4.74 Å². The van der Waals surface area contributed by atoms with Crippen molar-refractivity contribution in [2.45, 2.75) is 44.1 Å². The number of rotatable bonds is 4. The fourth-order valence-corrected chi connectivity index (χ4v) is 2.75. The average molecular weight is 360 g/mol. The summed E-state index contributed by atoms with van der Waals surface area (Å²) in [6.07, 6.45) is -8.29. The van der Waals surface area contributed by atoms with Gasteiger partial charge < -0.3 is 9.47 Å². The van der Waals surface area contributed by atoms with Gasteiger partial charge in [-0.2, -0.15) is 22.0 Å². The fourth-order valence-electron chi connectivity index (χ4n) is 2.75. The molecule has 1 saturated carbocycles. The SMILES string of the molecule is COC1CCC(C(F)(F)Oc2cc(F)c(C(F)(F)F)c(F)c2)CC1. The number of halogens is 7. The zero-order valence-corrected chi connectivity index (χ0v) is 12.6. The fraction of sp³-hybridized carbons (Fsp3) is 0.600. The monoisotopic (exact) mass is 360 g/mol. The van der Waals surface area contributed by atoms with Gasteiger partial charge in [-0.3, -0.25) is 0 Å². The molecule has 0 spiro atoms. The topological polar surface area (TPSA) is 18.5 Å². The summed E-state index contributed by atoms with van der Waals surface area (Å²) in [5.41, 5.74) is -2.14. The van der Waals surface area contributed by atoms with E-state index in [1.54, 1.807) is 0 Å². The largest absolute Gasteiger partial charge is 0.432 e. The van der Waals surface area contributed by atoms with Crippen molar-refractivity contribution in [2.24, 2.45) is 5.92 Å². The molecule has 2 nitrogen and oxygen atoms in total. The number of hydrogen-bond acceptors (Lipinski definition) is 2. The molecule has 0 heterocycles. The van der Waals surface area contributed by atoms with Crippen LogP contribution >= 0.6 is 0 Å². The summed E-state index contributed by atoms with van der Waals surface area (Å²) in [5.74, 6) is -6.21. The lowest BCUT2D eigenvalue weighted by molar-refractivity contribution is -0.225. The second kappa shape index (κ2) is 6.78. The van der Waals surface area contributed by atoms with Gasteiger partial charge in [0.2, 0.25) is 0 Å². The Morgan fingerprint density at radius 3 is 1.83 bits per heavy atom. The molecule has 1 fully saturated rings. The number of benzene rings is 1. The van der Waals surface area contributed by atoms with Crippen molar-refractivity contribution in [1.29, 1.82) is 0 Å². The van der Waals surface area contributed by atoms with Crippen molar-refractivity contribution in [1.82, 2.24) is 0 Å². The van der Waals surface area contributed by atoms with Crippen LogP contribution in [0.4, 0.5) is 30.7 Å². The summed E-state index contributed by atoms with van der Waals surface area (Å²) in [6.45, 7) is 0. The van der Waals surface area contributed by atoms with Gasteiger partial charge in [-0.15, -0.1) is 0 Å². The highest BCUT2D eigenvalue weighted by atomic mass is 19.4. The summed E-state index contributed by atoms with van der Waals surface area (Å²) in [6, 6.07) is 0.223. The van der Waals surface area contributed by atoms with E-state index in [1.807, 2.05) is 0 Å². The molecule has 0 aliphatic heterocycles. The highest BCUT2D eigenvalue weighted by molar-refractivity contribution is 5.32. The Hall–Kier alpha value is -1.51. The maximum atomic E-state index is 14.1. The van der Waals surface area contributed by atoms with E-state index in [2.05, 4.69) is 4.74 Å². The van der Waals surface area contributed by atoms with Gasteiger partial charge in [0.1, 0.15) is 22.9 Å². The molecule has 0 bridgehead atoms. The molecule has 0 unspecified atom stereocenters. The van der Waals surface area contributed by atoms with Crippen molar-refractivity contribution in [3.63, 3.8) is 0 Å². The van der Waals surface area contributed by atoms with Crippen LogP contribution in [0.25, 0.3) is 0 Å². The predicted molar refractivity (Wildman–Crippen MR) is 69.7 cm³/mol. The van der Waals surface area contributed by atoms with Gasteiger partial charge in [0.05, 0.1) is 12.0 Å². The van der Waals surface area contributed by atoms with E-state index in [9.17, 15) is 30.7 Å². The second-order valence-corrected chi connectivity index (χ2v) is 5.63. The van der Waals surface area contributed by atoms with E-state index in [0.717, 1.165) is 0 Å². The molecule has 0 amide bonds. The Labute approximate surface area is 133 Å². The Balaban J connectivity index is 2.15. The molecule has 0 aromatic heterocycles. The van der Waals surface area contributed by atoms with Gasteiger partial charge >= 0.3 is 12.3 Å². The van der Waals surface area contributed by atoms with E-state index in [4.69, 9.17) is 4.74 Å². The summed E-state index contributed by atoms with van der Waals surface area (Å²) in [4.78, 5) is 0. The molecule has 0 atom stereocenters. The van der Waals surface area contributed by atoms with Gasteiger partial charge in [-0.1, -0.05) is 0 Å². The van der Waals surface area contributed by atoms with Crippen LogP contribution in [-0.2, 0) is 10.9 Å². The molecule has 9 heteroatoms. The lowest BCUT2D eigenvalue weighted by Gasteiger charge is -2.32. The minimum absolute atomic E-state index is 0.0666. The quantitative estimate of drug-likeness (QED) is 0.691. The van der Waals surface area contributed by atoms with Crippen LogP contribution in [-0.4, -0.2) is 19.3 Å². The minimum atomic E-state index is -5.27. The molecule has 1 aromatic carbocycles. The molecule has 2 rings (SSSR count). The summed E-state index contributed by atoms with van der Waals surface area (Å²) < 4.78 is 102. The van der Waals surface area contributed by atoms with Crippen LogP contribution in [0.1, 0.15) is 31.2 Å². The van der Waals surface area contributed by atoms with E-state index in [1.165, 1.54) is 7.11 Å². The third-order valence-corrected chi connectivity index (χ3v) is 4.04. The first kappa shape index (κ1) is 18.8. The zero-order chi connectivity index (χ0) is 18.1. The number of alkyl halides is 5. The van der Waals surface area contributed by atoms with Gasteiger partial charge in [0.15, 0.2) is 0 Å². The Morgan fingerprint density at radius 2 is 1.42 bits per heavy atom. The molecule has 24 heavy (non-hydrogen) atoms. The minimum Gasteiger partial charge on any atom is -0.432 e. The predicted octanol–water partition coefficient (Wildman–Crippen LogP) is 5.16. The maximum absolute atomic E-state index is 14.1. The number of hydrogen-bond donors (Lipinski definition) is 0. The van der Waals surface area contributed by atoms with Crippen LogP contribution in [0.5, 0.6) is 5.75 Å². The summed E-state index contributed by atoms with van der Waals surface area (Å²) in [5, 5.41) is 0. The molecule has 136 valence electrons. The molecular weight excluding hydrogens is 345 g/mol. The van der Waals surface area contributed by atoms with Crippen molar-refractivity contribution < 1.29 is 40.2 Å². The normalized spacial score (nSPS) is 22.5. The third-order valence-electron chi connectivity index (χ3n) is 4.04. The number of ether oxygens (including phenoxy) is 2. The van der Waals surface area contributed by atoms with E-state index < -0.39 is 41.2 Å². The molecule has 1 aliphatic carbocycles. The Bertz CT molecular complexity index is 555. The van der Waals surface area contributed by atoms with Gasteiger partial charge in [-0.05, 0) is 25.7 Å². The first-order valence-corrected chi connectivity index (χ1v) is 7.20. The summed E-state index contributed by atoms with van der Waals surface area (Å²) in [7, 11) is 1.47. The van der Waals surface area contributed by atoms with Gasteiger partial charge in [-0.25, -0.2) is 8.78 Å². The van der Waals surface area contributed by atoms with Crippen LogP contribution in [0.15, 0.2) is 12.1 Å². The smallest absolute Gasteiger partial charge is 0.422 e. The maximum Gasteiger partial charge on any atom is 0.422 e. The van der Waals surface area contributed by atoms with Crippen LogP contribution in [0.2, 0.25) is 0 Å². The third kappa shape index (κ3) is 4.12. The molecule has 1 aliphatic rings. The molecule has 1 aromatic rings. The molecule has 0 N–H and O–H groups in total. The van der Waals surface area contributed by atoms with Crippen molar-refractivity contribution in [3.8, 4) is 5.75 Å². The van der Waals surface area contributed by atoms with Crippen molar-refractivity contribution >= 4 is 0 Å². The van der Waals surface area contributed by atoms with Crippen LogP contribution in [0, 0.1) is 17.6 Å². The second-order valence-electron chi connectivity index (χ2n) is 5.63. The van der Waals surface area contributed by atoms with Crippen LogP contribution in [0.3, 0.4) is 0 Å². The highest BCUT2D eigenvalue weighted by Crippen LogP contribution is 2.40. The zero-order valence-electron chi connectivity index (χ0n) is 12.6.